The minimum absolute atomic E-state index is 0.153. The van der Waals surface area contributed by atoms with Crippen molar-refractivity contribution in [2.45, 2.75) is 0 Å². The summed E-state index contributed by atoms with van der Waals surface area (Å²) in [6.45, 7) is 0. The van der Waals surface area contributed by atoms with Gasteiger partial charge >= 0.3 is 5.69 Å². The van der Waals surface area contributed by atoms with Gasteiger partial charge in [-0.25, -0.2) is 9.78 Å². The number of fused-ring (bicyclic) bond motifs is 1. The lowest BCUT2D eigenvalue weighted by atomic mass is 10.1. The summed E-state index contributed by atoms with van der Waals surface area (Å²) in [7, 11) is 0. The molecule has 0 saturated heterocycles. The topological polar surface area (TPSA) is 75.3 Å². The van der Waals surface area contributed by atoms with Gasteiger partial charge in [-0.3, -0.25) is 9.55 Å². The van der Waals surface area contributed by atoms with E-state index in [1.54, 1.807) is 18.3 Å². The summed E-state index contributed by atoms with van der Waals surface area (Å²) in [6, 6.07) is 12.9. The molecule has 4 aromatic rings. The van der Waals surface area contributed by atoms with Gasteiger partial charge in [-0.2, -0.15) is 0 Å². The Kier molecular flexibility index (Phi) is 2.62. The zero-order valence-corrected chi connectivity index (χ0v) is 11.5. The van der Waals surface area contributed by atoms with Crippen LogP contribution in [0.1, 0.15) is 0 Å². The van der Waals surface area contributed by atoms with E-state index >= 15 is 0 Å². The van der Waals surface area contributed by atoms with Gasteiger partial charge in [0.2, 0.25) is 5.88 Å². The van der Waals surface area contributed by atoms with E-state index in [2.05, 4.69) is 9.97 Å². The Morgan fingerprint density at radius 1 is 1.09 bits per heavy atom. The van der Waals surface area contributed by atoms with Gasteiger partial charge in [0.25, 0.3) is 0 Å². The first-order valence-electron chi connectivity index (χ1n) is 6.76. The molecule has 3 heterocycles. The van der Waals surface area contributed by atoms with Gasteiger partial charge in [0, 0.05) is 30.2 Å². The number of pyridine rings is 1. The van der Waals surface area contributed by atoms with E-state index in [1.165, 1.54) is 4.57 Å². The fourth-order valence-corrected chi connectivity index (χ4v) is 2.57. The first kappa shape index (κ1) is 12.5. The summed E-state index contributed by atoms with van der Waals surface area (Å²) in [5, 5.41) is 10.1. The molecule has 0 aliphatic rings. The number of aromatic nitrogens is 4. The number of hydrogen-bond donors (Lipinski definition) is 2. The van der Waals surface area contributed by atoms with Gasteiger partial charge in [-0.15, -0.1) is 0 Å². The maximum atomic E-state index is 12.2. The van der Waals surface area contributed by atoms with Crippen molar-refractivity contribution in [3.05, 3.63) is 71.5 Å². The summed E-state index contributed by atoms with van der Waals surface area (Å²) >= 11 is 0. The number of aromatic amines is 1. The molecule has 0 radical (unpaired) electrons. The second-order valence-electron chi connectivity index (χ2n) is 4.91. The molecular weight excluding hydrogens is 280 g/mol. The lowest BCUT2D eigenvalue weighted by Gasteiger charge is -2.08. The zero-order valence-electron chi connectivity index (χ0n) is 11.5. The summed E-state index contributed by atoms with van der Waals surface area (Å²) in [5.74, 6) is -0.153. The normalized spacial score (nSPS) is 11.1. The lowest BCUT2D eigenvalue weighted by molar-refractivity contribution is 0.457. The number of rotatable bonds is 2. The van der Waals surface area contributed by atoms with Crippen molar-refractivity contribution in [2.75, 3.05) is 0 Å². The molecule has 0 spiro atoms. The van der Waals surface area contributed by atoms with E-state index < -0.39 is 5.69 Å². The predicted molar refractivity (Wildman–Crippen MR) is 82.2 cm³/mol. The van der Waals surface area contributed by atoms with Crippen LogP contribution >= 0.6 is 0 Å². The average Bonchev–Trinajstić information content (AvgIpc) is 3.11. The molecule has 0 aliphatic carbocycles. The molecule has 108 valence electrons. The van der Waals surface area contributed by atoms with Crippen LogP contribution < -0.4 is 5.69 Å². The molecule has 6 nitrogen and oxygen atoms in total. The Hall–Kier alpha value is -3.28. The van der Waals surface area contributed by atoms with Crippen LogP contribution in [0.3, 0.4) is 0 Å². The van der Waals surface area contributed by atoms with Gasteiger partial charge in [0.05, 0.1) is 5.69 Å². The van der Waals surface area contributed by atoms with Crippen LogP contribution in [0, 0.1) is 0 Å². The van der Waals surface area contributed by atoms with Crippen molar-refractivity contribution in [1.82, 2.24) is 18.9 Å². The number of benzene rings is 1. The summed E-state index contributed by atoms with van der Waals surface area (Å²) < 4.78 is 3.29. The van der Waals surface area contributed by atoms with Gasteiger partial charge in [0.1, 0.15) is 11.3 Å². The Bertz CT molecular complexity index is 1010. The quantitative estimate of drug-likeness (QED) is 0.594. The number of H-pyrrole nitrogens is 1. The van der Waals surface area contributed by atoms with Crippen LogP contribution in [-0.4, -0.2) is 24.0 Å². The third-order valence-corrected chi connectivity index (χ3v) is 3.56. The average molecular weight is 292 g/mol. The Morgan fingerprint density at radius 2 is 1.91 bits per heavy atom. The van der Waals surface area contributed by atoms with Gasteiger partial charge in [-0.05, 0) is 6.07 Å². The fourth-order valence-electron chi connectivity index (χ4n) is 2.57. The molecule has 0 saturated carbocycles. The van der Waals surface area contributed by atoms with Crippen LogP contribution in [0.15, 0.2) is 65.8 Å². The predicted octanol–water partition coefficient (Wildman–Crippen LogP) is 2.19. The van der Waals surface area contributed by atoms with E-state index in [0.717, 1.165) is 11.2 Å². The third-order valence-electron chi connectivity index (χ3n) is 3.56. The molecule has 6 heteroatoms. The van der Waals surface area contributed by atoms with Gasteiger partial charge in [-0.1, -0.05) is 30.3 Å². The molecule has 0 bridgehead atoms. The van der Waals surface area contributed by atoms with E-state index in [0.29, 0.717) is 11.4 Å². The summed E-state index contributed by atoms with van der Waals surface area (Å²) in [4.78, 5) is 18.9. The van der Waals surface area contributed by atoms with E-state index in [9.17, 15) is 9.90 Å². The Labute approximate surface area is 124 Å². The first-order valence-corrected chi connectivity index (χ1v) is 6.76. The Balaban J connectivity index is 2.00. The molecule has 0 atom stereocenters. The van der Waals surface area contributed by atoms with Crippen molar-refractivity contribution in [2.24, 2.45) is 0 Å². The minimum Gasteiger partial charge on any atom is -0.493 e. The van der Waals surface area contributed by atoms with E-state index in [-0.39, 0.29) is 5.88 Å². The van der Waals surface area contributed by atoms with Crippen LogP contribution in [0.25, 0.3) is 22.6 Å². The van der Waals surface area contributed by atoms with Gasteiger partial charge in [0.15, 0.2) is 0 Å². The molecule has 0 aliphatic heterocycles. The molecule has 4 rings (SSSR count). The third kappa shape index (κ3) is 1.81. The largest absolute Gasteiger partial charge is 0.493 e. The SMILES string of the molecule is O=c1[nH]c(O)c(-c2ccccc2)n1-c1ccn2ccnc2c1. The molecule has 2 N–H and O–H groups in total. The van der Waals surface area contributed by atoms with Crippen LogP contribution in [-0.2, 0) is 0 Å². The van der Waals surface area contributed by atoms with Crippen molar-refractivity contribution in [3.63, 3.8) is 0 Å². The standard InChI is InChI=1S/C16H12N4O2/c21-15-14(11-4-2-1-3-5-11)20(16(22)18-15)12-6-8-19-9-7-17-13(19)10-12/h1-10,21H,(H,18,22). The second kappa shape index (κ2) is 4.63. The highest BCUT2D eigenvalue weighted by Crippen LogP contribution is 2.28. The minimum atomic E-state index is -0.396. The maximum Gasteiger partial charge on any atom is 0.333 e. The number of hydrogen-bond acceptors (Lipinski definition) is 3. The van der Waals surface area contributed by atoms with E-state index in [1.807, 2.05) is 47.1 Å². The van der Waals surface area contributed by atoms with Crippen LogP contribution in [0.4, 0.5) is 0 Å². The van der Waals surface area contributed by atoms with Crippen LogP contribution in [0.5, 0.6) is 5.88 Å². The van der Waals surface area contributed by atoms with Crippen molar-refractivity contribution in [1.29, 1.82) is 0 Å². The number of nitrogens with zero attached hydrogens (tertiary/aromatic N) is 3. The number of imidazole rings is 2. The molecule has 22 heavy (non-hydrogen) atoms. The molecule has 3 aromatic heterocycles. The molecule has 1 aromatic carbocycles. The monoisotopic (exact) mass is 292 g/mol. The lowest BCUT2D eigenvalue weighted by Crippen LogP contribution is -2.15. The maximum absolute atomic E-state index is 12.2. The van der Waals surface area contributed by atoms with Gasteiger partial charge < -0.3 is 9.51 Å². The highest BCUT2D eigenvalue weighted by Gasteiger charge is 2.17. The fraction of sp³-hybridized carbons (Fsp3) is 0. The molecule has 0 amide bonds. The summed E-state index contributed by atoms with van der Waals surface area (Å²) in [5.41, 5.74) is 2.15. The molecular formula is C16H12N4O2. The number of nitrogens with one attached hydrogen (secondary N) is 1. The number of aromatic hydroxyl groups is 1. The van der Waals surface area contributed by atoms with Crippen molar-refractivity contribution >= 4 is 5.65 Å². The first-order chi connectivity index (χ1) is 10.7. The van der Waals surface area contributed by atoms with Crippen molar-refractivity contribution in [3.8, 4) is 22.8 Å². The second-order valence-corrected chi connectivity index (χ2v) is 4.91. The smallest absolute Gasteiger partial charge is 0.333 e. The highest BCUT2D eigenvalue weighted by molar-refractivity contribution is 5.67. The Morgan fingerprint density at radius 3 is 2.73 bits per heavy atom. The molecule has 0 unspecified atom stereocenters. The highest BCUT2D eigenvalue weighted by atomic mass is 16.3. The zero-order chi connectivity index (χ0) is 15.1. The molecule has 0 fully saturated rings. The van der Waals surface area contributed by atoms with Crippen molar-refractivity contribution < 1.29 is 5.11 Å². The van der Waals surface area contributed by atoms with Crippen LogP contribution in [0.2, 0.25) is 0 Å². The summed E-state index contributed by atoms with van der Waals surface area (Å²) in [6.07, 6.45) is 5.34. The van der Waals surface area contributed by atoms with E-state index in [4.69, 9.17) is 0 Å².